The summed E-state index contributed by atoms with van der Waals surface area (Å²) in [7, 11) is 0. The highest BCUT2D eigenvalue weighted by molar-refractivity contribution is 7.00. The summed E-state index contributed by atoms with van der Waals surface area (Å²) in [5, 5.41) is 0. The lowest BCUT2D eigenvalue weighted by atomic mass is 9.33. The molecule has 0 saturated heterocycles. The zero-order valence-electron chi connectivity index (χ0n) is 42.8. The van der Waals surface area contributed by atoms with E-state index in [0.29, 0.717) is 0 Å². The molecule has 2 atom stereocenters. The maximum atomic E-state index is 2.77. The number of anilines is 8. The molecule has 1 fully saturated rings. The molecule has 1 saturated carbocycles. The third-order valence-corrected chi connectivity index (χ3v) is 16.8. The Bertz CT molecular complexity index is 3110. The van der Waals surface area contributed by atoms with E-state index in [0.717, 1.165) is 0 Å². The van der Waals surface area contributed by atoms with Crippen molar-refractivity contribution in [1.82, 2.24) is 0 Å². The van der Waals surface area contributed by atoms with Crippen molar-refractivity contribution in [2.45, 2.75) is 142 Å². The second-order valence-corrected chi connectivity index (χ2v) is 24.3. The van der Waals surface area contributed by atoms with Gasteiger partial charge in [0.15, 0.2) is 0 Å². The lowest BCUT2D eigenvalue weighted by Crippen LogP contribution is -2.61. The monoisotopic (exact) mass is 892 g/mol. The molecule has 0 N–H and O–H groups in total. The third-order valence-electron chi connectivity index (χ3n) is 16.8. The molecule has 68 heavy (non-hydrogen) atoms. The highest BCUT2D eigenvalue weighted by Crippen LogP contribution is 2.60. The molecule has 4 heteroatoms. The van der Waals surface area contributed by atoms with Gasteiger partial charge in [0.05, 0.1) is 11.2 Å². The van der Waals surface area contributed by atoms with Crippen molar-refractivity contribution in [3.63, 3.8) is 0 Å². The van der Waals surface area contributed by atoms with Gasteiger partial charge in [-0.15, -0.1) is 0 Å². The first-order valence-electron chi connectivity index (χ1n) is 25.5. The molecule has 0 radical (unpaired) electrons. The number of hydrogen-bond donors (Lipinski definition) is 0. The fourth-order valence-electron chi connectivity index (χ4n) is 12.7. The van der Waals surface area contributed by atoms with Crippen LogP contribution in [0.3, 0.4) is 0 Å². The van der Waals surface area contributed by atoms with Crippen LogP contribution in [0, 0.1) is 6.92 Å². The Labute approximate surface area is 408 Å². The summed E-state index contributed by atoms with van der Waals surface area (Å²) in [5.41, 5.74) is 23.4. The summed E-state index contributed by atoms with van der Waals surface area (Å²) < 4.78 is 0. The van der Waals surface area contributed by atoms with Gasteiger partial charge in [-0.1, -0.05) is 173 Å². The number of hydrogen-bond acceptors (Lipinski definition) is 3. The van der Waals surface area contributed by atoms with Crippen molar-refractivity contribution < 1.29 is 0 Å². The third kappa shape index (κ3) is 6.82. The molecule has 3 nitrogen and oxygen atoms in total. The number of para-hydroxylation sites is 1. The topological polar surface area (TPSA) is 9.72 Å². The fraction of sp³-hybridized carbons (Fsp3) is 0.344. The first kappa shape index (κ1) is 44.5. The Balaban J connectivity index is 1.21. The van der Waals surface area contributed by atoms with E-state index < -0.39 is 0 Å². The van der Waals surface area contributed by atoms with E-state index in [2.05, 4.69) is 243 Å². The molecule has 11 rings (SSSR count). The summed E-state index contributed by atoms with van der Waals surface area (Å²) in [6.07, 6.45) is 6.20. The minimum Gasteiger partial charge on any atom is -0.334 e. The Kier molecular flexibility index (Phi) is 10.2. The standard InChI is InChI=1S/C64H70BN3/c1-42-37-57-59-58(38-42)67(53-34-28-45(61(5,6)7)39-49(53)43-21-15-13-16-22-43)55-40-46(62(8,9)10)27-32-51(55)65(59)52-33-31-48(41-56(52)66(57)47-29-25-44(26-30-47)60(2,3)4)68-54-24-18-17-23-50(54)63(11)35-19-14-20-36-64(63,68)12/h13,15-18,21-34,37-41H,14,19-20,35-36H2,1-12H3. The van der Waals surface area contributed by atoms with E-state index in [4.69, 9.17) is 0 Å². The van der Waals surface area contributed by atoms with E-state index in [-0.39, 0.29) is 33.9 Å². The molecule has 0 aromatic heterocycles. The molecule has 0 amide bonds. The van der Waals surface area contributed by atoms with E-state index in [1.165, 1.54) is 133 Å². The van der Waals surface area contributed by atoms with Crippen LogP contribution in [0.5, 0.6) is 0 Å². The minimum atomic E-state index is -0.0583. The smallest absolute Gasteiger partial charge is 0.252 e. The molecule has 3 aliphatic heterocycles. The Morgan fingerprint density at radius 3 is 1.71 bits per heavy atom. The molecule has 0 spiro atoms. The van der Waals surface area contributed by atoms with Crippen molar-refractivity contribution >= 4 is 68.6 Å². The predicted octanol–water partition coefficient (Wildman–Crippen LogP) is 15.8. The van der Waals surface area contributed by atoms with Crippen LogP contribution in [0.25, 0.3) is 11.1 Å². The molecule has 7 aromatic rings. The van der Waals surface area contributed by atoms with Gasteiger partial charge in [-0.2, -0.15) is 0 Å². The fourth-order valence-corrected chi connectivity index (χ4v) is 12.7. The van der Waals surface area contributed by atoms with Gasteiger partial charge in [0.1, 0.15) is 0 Å². The van der Waals surface area contributed by atoms with Crippen molar-refractivity contribution in [3.05, 3.63) is 173 Å². The Morgan fingerprint density at radius 1 is 0.456 bits per heavy atom. The van der Waals surface area contributed by atoms with Gasteiger partial charge < -0.3 is 14.7 Å². The maximum absolute atomic E-state index is 2.77. The zero-order chi connectivity index (χ0) is 47.7. The molecule has 1 aliphatic carbocycles. The van der Waals surface area contributed by atoms with Crippen LogP contribution in [0.15, 0.2) is 146 Å². The van der Waals surface area contributed by atoms with Crippen LogP contribution in [0.2, 0.25) is 0 Å². The predicted molar refractivity (Wildman–Crippen MR) is 294 cm³/mol. The molecular weight excluding hydrogens is 822 g/mol. The number of rotatable bonds is 4. The molecule has 0 bridgehead atoms. The normalized spacial score (nSPS) is 19.8. The summed E-state index contributed by atoms with van der Waals surface area (Å²) in [6.45, 7) is 28.4. The van der Waals surface area contributed by atoms with E-state index in [1.807, 2.05) is 0 Å². The van der Waals surface area contributed by atoms with Gasteiger partial charge in [0.2, 0.25) is 0 Å². The molecular formula is C64H70BN3. The quantitative estimate of drug-likeness (QED) is 0.163. The first-order chi connectivity index (χ1) is 32.3. The number of fused-ring (bicyclic) bond motifs is 7. The van der Waals surface area contributed by atoms with Gasteiger partial charge in [-0.25, -0.2) is 0 Å². The summed E-state index contributed by atoms with van der Waals surface area (Å²) >= 11 is 0. The lowest BCUT2D eigenvalue weighted by Gasteiger charge is -2.48. The summed E-state index contributed by atoms with van der Waals surface area (Å²) in [4.78, 5) is 8.03. The lowest BCUT2D eigenvalue weighted by molar-refractivity contribution is 0.261. The Hall–Kier alpha value is -6.00. The second-order valence-electron chi connectivity index (χ2n) is 24.3. The van der Waals surface area contributed by atoms with E-state index in [9.17, 15) is 0 Å². The average molecular weight is 892 g/mol. The van der Waals surface area contributed by atoms with Crippen LogP contribution >= 0.6 is 0 Å². The maximum Gasteiger partial charge on any atom is 0.252 e. The van der Waals surface area contributed by atoms with Crippen LogP contribution in [0.4, 0.5) is 45.5 Å². The van der Waals surface area contributed by atoms with Crippen LogP contribution in [-0.2, 0) is 21.7 Å². The van der Waals surface area contributed by atoms with Gasteiger partial charge in [0.25, 0.3) is 6.71 Å². The summed E-state index contributed by atoms with van der Waals surface area (Å²) in [5.74, 6) is 0. The molecule has 3 heterocycles. The number of benzene rings is 7. The van der Waals surface area contributed by atoms with Crippen LogP contribution in [0.1, 0.15) is 136 Å². The highest BCUT2D eigenvalue weighted by Gasteiger charge is 2.57. The number of aryl methyl sites for hydroxylation is 1. The molecule has 2 unspecified atom stereocenters. The number of nitrogens with zero attached hydrogens (tertiary/aromatic N) is 3. The largest absolute Gasteiger partial charge is 0.334 e. The molecule has 7 aromatic carbocycles. The van der Waals surface area contributed by atoms with Crippen molar-refractivity contribution in [3.8, 4) is 11.1 Å². The molecule has 4 aliphatic rings. The van der Waals surface area contributed by atoms with Crippen molar-refractivity contribution in [2.75, 3.05) is 14.7 Å². The van der Waals surface area contributed by atoms with Gasteiger partial charge in [-0.05, 0) is 153 Å². The SMILES string of the molecule is Cc1cc2c3c(c1)N(c1ccc(C(C)(C)C)cc1-c1ccccc1)c1cc(C(C)(C)C)ccc1B3c1ccc(N3c4ccccc4C4(C)CCCCCC34C)cc1N2c1ccc(C(C)(C)C)cc1. The van der Waals surface area contributed by atoms with Crippen molar-refractivity contribution in [1.29, 1.82) is 0 Å². The Morgan fingerprint density at radius 2 is 1.01 bits per heavy atom. The molecule has 344 valence electrons. The highest BCUT2D eigenvalue weighted by atomic mass is 15.3. The van der Waals surface area contributed by atoms with Crippen LogP contribution in [-0.4, -0.2) is 12.3 Å². The summed E-state index contributed by atoms with van der Waals surface area (Å²) in [6, 6.07) is 57.1. The zero-order valence-corrected chi connectivity index (χ0v) is 42.8. The first-order valence-corrected chi connectivity index (χ1v) is 25.5. The van der Waals surface area contributed by atoms with Crippen LogP contribution < -0.4 is 31.1 Å². The van der Waals surface area contributed by atoms with Gasteiger partial charge in [-0.3, -0.25) is 0 Å². The van der Waals surface area contributed by atoms with E-state index >= 15 is 0 Å². The minimum absolute atomic E-state index is 0.0101. The second kappa shape index (κ2) is 15.5. The van der Waals surface area contributed by atoms with E-state index in [1.54, 1.807) is 0 Å². The average Bonchev–Trinajstić information content (AvgIpc) is 3.37. The van der Waals surface area contributed by atoms with Gasteiger partial charge in [0, 0.05) is 50.8 Å². The van der Waals surface area contributed by atoms with Crippen molar-refractivity contribution in [2.24, 2.45) is 0 Å². The van der Waals surface area contributed by atoms with Gasteiger partial charge >= 0.3 is 0 Å².